The minimum Gasteiger partial charge on any atom is -0.399 e. The molecule has 0 aromatic rings. The monoisotopic (exact) mass is 220 g/mol. The first-order valence-electron chi connectivity index (χ1n) is 5.19. The normalized spacial score (nSPS) is 18.9. The summed E-state index contributed by atoms with van der Waals surface area (Å²) < 4.78 is 0. The van der Waals surface area contributed by atoms with E-state index in [0.717, 1.165) is 25.9 Å². The van der Waals surface area contributed by atoms with Crippen molar-refractivity contribution in [2.45, 2.75) is 32.6 Å². The molecule has 3 nitrogen and oxygen atoms in total. The Labute approximate surface area is 92.7 Å². The molecule has 84 valence electrons. The zero-order valence-electron chi connectivity index (χ0n) is 9.08. The van der Waals surface area contributed by atoms with Crippen LogP contribution < -0.4 is 5.32 Å². The number of hydrogen-bond acceptors (Lipinski definition) is 3. The molecule has 14 heavy (non-hydrogen) atoms. The molecule has 1 rings (SSSR count). The van der Waals surface area contributed by atoms with Gasteiger partial charge in [0.25, 0.3) is 0 Å². The second-order valence-corrected chi connectivity index (χ2v) is 3.54. The van der Waals surface area contributed by atoms with Crippen LogP contribution in [0.15, 0.2) is 5.16 Å². The van der Waals surface area contributed by atoms with Gasteiger partial charge >= 0.3 is 0 Å². The number of rotatable bonds is 4. The first kappa shape index (κ1) is 13.7. The van der Waals surface area contributed by atoms with E-state index >= 15 is 0 Å². The zero-order chi connectivity index (χ0) is 9.52. The summed E-state index contributed by atoms with van der Waals surface area (Å²) >= 11 is 0. The number of oxime groups is 1. The van der Waals surface area contributed by atoms with Gasteiger partial charge in [-0.25, -0.2) is 0 Å². The Hall–Kier alpha value is -0.280. The van der Waals surface area contributed by atoms with Gasteiger partial charge in [-0.1, -0.05) is 18.5 Å². The predicted octanol–water partition coefficient (Wildman–Crippen LogP) is 2.21. The maximum absolute atomic E-state index is 4.88. The van der Waals surface area contributed by atoms with Gasteiger partial charge in [0.1, 0.15) is 7.11 Å². The van der Waals surface area contributed by atoms with Crippen LogP contribution in [0.25, 0.3) is 0 Å². The minimum absolute atomic E-state index is 0. The van der Waals surface area contributed by atoms with Crippen molar-refractivity contribution in [2.24, 2.45) is 11.1 Å². The molecule has 4 heteroatoms. The van der Waals surface area contributed by atoms with Gasteiger partial charge < -0.3 is 10.2 Å². The highest BCUT2D eigenvalue weighted by Crippen LogP contribution is 2.16. The van der Waals surface area contributed by atoms with Crippen LogP contribution in [-0.2, 0) is 4.84 Å². The Bertz CT molecular complexity index is 168. The van der Waals surface area contributed by atoms with E-state index in [-0.39, 0.29) is 12.4 Å². The highest BCUT2D eigenvalue weighted by Gasteiger charge is 2.18. The van der Waals surface area contributed by atoms with Crippen LogP contribution in [-0.4, -0.2) is 25.9 Å². The van der Waals surface area contributed by atoms with E-state index in [1.807, 2.05) is 0 Å². The van der Waals surface area contributed by atoms with Gasteiger partial charge in [0.05, 0.1) is 5.71 Å². The molecule has 0 spiro atoms. The summed E-state index contributed by atoms with van der Waals surface area (Å²) in [5, 5.41) is 7.48. The molecule has 0 radical (unpaired) electrons. The summed E-state index contributed by atoms with van der Waals surface area (Å²) in [4.78, 5) is 4.88. The van der Waals surface area contributed by atoms with E-state index in [0.29, 0.717) is 5.92 Å². The van der Waals surface area contributed by atoms with Crippen LogP contribution >= 0.6 is 12.4 Å². The average molecular weight is 221 g/mol. The van der Waals surface area contributed by atoms with Gasteiger partial charge in [-0.3, -0.25) is 0 Å². The number of halogens is 1. The molecule has 0 bridgehead atoms. The fourth-order valence-corrected chi connectivity index (χ4v) is 1.85. The molecular formula is C10H21ClN2O. The molecule has 0 aromatic heterocycles. The lowest BCUT2D eigenvalue weighted by Crippen LogP contribution is -2.31. The third-order valence-electron chi connectivity index (χ3n) is 2.53. The van der Waals surface area contributed by atoms with E-state index in [1.54, 1.807) is 7.11 Å². The van der Waals surface area contributed by atoms with E-state index in [4.69, 9.17) is 4.84 Å². The summed E-state index contributed by atoms with van der Waals surface area (Å²) in [5.41, 5.74) is 1.26. The van der Waals surface area contributed by atoms with Crippen LogP contribution in [0.3, 0.4) is 0 Å². The second-order valence-electron chi connectivity index (χ2n) is 3.54. The number of nitrogens with one attached hydrogen (secondary N) is 1. The third-order valence-corrected chi connectivity index (χ3v) is 2.53. The van der Waals surface area contributed by atoms with Gasteiger partial charge in [-0.05, 0) is 32.4 Å². The van der Waals surface area contributed by atoms with E-state index in [1.165, 1.54) is 18.6 Å². The highest BCUT2D eigenvalue weighted by atomic mass is 35.5. The Morgan fingerprint density at radius 3 is 2.57 bits per heavy atom. The second kappa shape index (κ2) is 8.06. The number of nitrogens with zero attached hydrogens (tertiary/aromatic N) is 1. The summed E-state index contributed by atoms with van der Waals surface area (Å²) in [6.45, 7) is 4.43. The summed E-state index contributed by atoms with van der Waals surface area (Å²) in [6.07, 6.45) is 4.66. The topological polar surface area (TPSA) is 33.6 Å². The van der Waals surface area contributed by atoms with Crippen molar-refractivity contribution >= 4 is 18.1 Å². The van der Waals surface area contributed by atoms with E-state index < -0.39 is 0 Å². The molecule has 0 aromatic carbocycles. The van der Waals surface area contributed by atoms with Crippen molar-refractivity contribution in [1.29, 1.82) is 0 Å². The molecule has 0 saturated carbocycles. The first-order valence-corrected chi connectivity index (χ1v) is 5.19. The van der Waals surface area contributed by atoms with Gasteiger partial charge in [-0.2, -0.15) is 0 Å². The van der Waals surface area contributed by atoms with Gasteiger partial charge in [-0.15, -0.1) is 12.4 Å². The van der Waals surface area contributed by atoms with Crippen LogP contribution in [0.4, 0.5) is 0 Å². The molecule has 0 aliphatic carbocycles. The lowest BCUT2D eigenvalue weighted by molar-refractivity contribution is 0.208. The SMILES string of the molecule is CCCC(=NOC)C1CCNCC1.Cl. The van der Waals surface area contributed by atoms with Gasteiger partial charge in [0.2, 0.25) is 0 Å². The van der Waals surface area contributed by atoms with Crippen molar-refractivity contribution in [3.05, 3.63) is 0 Å². The fraction of sp³-hybridized carbons (Fsp3) is 0.900. The van der Waals surface area contributed by atoms with Crippen molar-refractivity contribution in [1.82, 2.24) is 5.32 Å². The molecular weight excluding hydrogens is 200 g/mol. The molecule has 1 heterocycles. The smallest absolute Gasteiger partial charge is 0.106 e. The Kier molecular flexibility index (Phi) is 7.90. The Morgan fingerprint density at radius 2 is 2.07 bits per heavy atom. The lowest BCUT2D eigenvalue weighted by Gasteiger charge is -2.23. The van der Waals surface area contributed by atoms with E-state index in [2.05, 4.69) is 17.4 Å². The van der Waals surface area contributed by atoms with Crippen LogP contribution in [0.2, 0.25) is 0 Å². The van der Waals surface area contributed by atoms with Gasteiger partial charge in [0.15, 0.2) is 0 Å². The summed E-state index contributed by atoms with van der Waals surface area (Å²) in [5.74, 6) is 0.654. The minimum atomic E-state index is 0. The third kappa shape index (κ3) is 4.29. The summed E-state index contributed by atoms with van der Waals surface area (Å²) in [6, 6.07) is 0. The van der Waals surface area contributed by atoms with Crippen molar-refractivity contribution in [3.63, 3.8) is 0 Å². The Balaban J connectivity index is 0.00000169. The molecule has 1 aliphatic rings. The fourth-order valence-electron chi connectivity index (χ4n) is 1.85. The molecule has 1 aliphatic heterocycles. The van der Waals surface area contributed by atoms with Crippen molar-refractivity contribution < 1.29 is 4.84 Å². The first-order chi connectivity index (χ1) is 6.38. The Morgan fingerprint density at radius 1 is 1.43 bits per heavy atom. The number of hydrogen-bond donors (Lipinski definition) is 1. The van der Waals surface area contributed by atoms with Crippen molar-refractivity contribution in [3.8, 4) is 0 Å². The average Bonchev–Trinajstić information content (AvgIpc) is 2.19. The van der Waals surface area contributed by atoms with E-state index in [9.17, 15) is 0 Å². The number of piperidine rings is 1. The molecule has 1 N–H and O–H groups in total. The van der Waals surface area contributed by atoms with Crippen molar-refractivity contribution in [2.75, 3.05) is 20.2 Å². The highest BCUT2D eigenvalue weighted by molar-refractivity contribution is 5.86. The van der Waals surface area contributed by atoms with Gasteiger partial charge in [0, 0.05) is 5.92 Å². The standard InChI is InChI=1S/C10H20N2O.ClH/c1-3-4-10(12-13-2)9-5-7-11-8-6-9;/h9,11H,3-8H2,1-2H3;1H. The summed E-state index contributed by atoms with van der Waals surface area (Å²) in [7, 11) is 1.64. The maximum atomic E-state index is 4.88. The largest absolute Gasteiger partial charge is 0.399 e. The van der Waals surface area contributed by atoms with Crippen LogP contribution in [0, 0.1) is 5.92 Å². The van der Waals surface area contributed by atoms with Crippen LogP contribution in [0.1, 0.15) is 32.6 Å². The molecule has 1 saturated heterocycles. The lowest BCUT2D eigenvalue weighted by atomic mass is 9.91. The molecule has 0 atom stereocenters. The predicted molar refractivity (Wildman–Crippen MR) is 62.2 cm³/mol. The zero-order valence-corrected chi connectivity index (χ0v) is 9.90. The maximum Gasteiger partial charge on any atom is 0.106 e. The quantitative estimate of drug-likeness (QED) is 0.582. The molecule has 0 amide bonds. The van der Waals surface area contributed by atoms with Crippen LogP contribution in [0.5, 0.6) is 0 Å². The molecule has 0 unspecified atom stereocenters. The molecule has 1 fully saturated rings.